The first kappa shape index (κ1) is 14.8. The molecule has 0 radical (unpaired) electrons. The van der Waals surface area contributed by atoms with E-state index in [1.54, 1.807) is 31.2 Å². The molecule has 3 rings (SSSR count). The minimum absolute atomic E-state index is 0.171. The van der Waals surface area contributed by atoms with Crippen LogP contribution in [-0.2, 0) is 9.59 Å². The Bertz CT molecular complexity index is 694. The van der Waals surface area contributed by atoms with Crippen LogP contribution in [0, 0.1) is 11.8 Å². The fourth-order valence-electron chi connectivity index (χ4n) is 2.99. The first-order valence-electron chi connectivity index (χ1n) is 7.04. The maximum atomic E-state index is 12.5. The lowest BCUT2D eigenvalue weighted by molar-refractivity contribution is -0.122. The van der Waals surface area contributed by atoms with E-state index in [4.69, 9.17) is 16.8 Å². The highest BCUT2D eigenvalue weighted by Gasteiger charge is 2.48. The van der Waals surface area contributed by atoms with Crippen LogP contribution < -0.4 is 4.90 Å². The number of carbonyl (C=O) groups is 2. The number of allylic oxidation sites excluding steroid dienone is 2. The van der Waals surface area contributed by atoms with Crippen LogP contribution in [0.1, 0.15) is 25.3 Å². The number of amides is 2. The largest absolute Gasteiger partial charge is 0.411 e. The van der Waals surface area contributed by atoms with Gasteiger partial charge in [0.05, 0.1) is 23.2 Å². The zero-order valence-corrected chi connectivity index (χ0v) is 12.7. The summed E-state index contributed by atoms with van der Waals surface area (Å²) in [6.07, 6.45) is 2.77. The van der Waals surface area contributed by atoms with Crippen LogP contribution in [0.2, 0.25) is 0 Å². The summed E-state index contributed by atoms with van der Waals surface area (Å²) in [6, 6.07) is 6.81. The van der Waals surface area contributed by atoms with E-state index in [0.717, 1.165) is 5.56 Å². The predicted octanol–water partition coefficient (Wildman–Crippen LogP) is 2.91. The summed E-state index contributed by atoms with van der Waals surface area (Å²) >= 11 is 6.00. The summed E-state index contributed by atoms with van der Waals surface area (Å²) in [5, 5.41) is 12.5. The van der Waals surface area contributed by atoms with Crippen LogP contribution in [0.4, 0.5) is 5.69 Å². The van der Waals surface area contributed by atoms with Gasteiger partial charge in [-0.25, -0.2) is 0 Å². The number of nitrogens with zero attached hydrogens (tertiary/aromatic N) is 2. The third-order valence-electron chi connectivity index (χ3n) is 4.26. The minimum Gasteiger partial charge on any atom is -0.411 e. The quantitative estimate of drug-likeness (QED) is 0.394. The Hall–Kier alpha value is -2.14. The molecule has 114 valence electrons. The van der Waals surface area contributed by atoms with Crippen LogP contribution in [0.25, 0.3) is 0 Å². The molecule has 1 heterocycles. The van der Waals surface area contributed by atoms with Crippen molar-refractivity contribution >= 4 is 34.8 Å². The smallest absolute Gasteiger partial charge is 0.238 e. The van der Waals surface area contributed by atoms with Crippen molar-refractivity contribution in [3.63, 3.8) is 0 Å². The maximum Gasteiger partial charge on any atom is 0.238 e. The van der Waals surface area contributed by atoms with Gasteiger partial charge >= 0.3 is 0 Å². The molecule has 1 aliphatic heterocycles. The average molecular weight is 319 g/mol. The minimum atomic E-state index is -0.356. The second kappa shape index (κ2) is 5.57. The van der Waals surface area contributed by atoms with Crippen molar-refractivity contribution in [1.29, 1.82) is 0 Å². The lowest BCUT2D eigenvalue weighted by atomic mass is 9.85. The van der Waals surface area contributed by atoms with Crippen LogP contribution >= 0.6 is 11.6 Å². The topological polar surface area (TPSA) is 70.0 Å². The van der Waals surface area contributed by atoms with Crippen molar-refractivity contribution in [3.05, 3.63) is 40.9 Å². The van der Waals surface area contributed by atoms with E-state index < -0.39 is 0 Å². The lowest BCUT2D eigenvalue weighted by Crippen LogP contribution is -2.30. The van der Waals surface area contributed by atoms with Gasteiger partial charge in [-0.1, -0.05) is 35.0 Å². The zero-order valence-electron chi connectivity index (χ0n) is 12.0. The number of oxime groups is 1. The molecular formula is C16H15ClN2O3. The summed E-state index contributed by atoms with van der Waals surface area (Å²) in [7, 11) is 0. The highest BCUT2D eigenvalue weighted by molar-refractivity contribution is 6.30. The fourth-order valence-corrected chi connectivity index (χ4v) is 3.25. The van der Waals surface area contributed by atoms with Crippen molar-refractivity contribution in [2.75, 3.05) is 4.90 Å². The van der Waals surface area contributed by atoms with E-state index in [1.165, 1.54) is 4.90 Å². The number of hydrogen-bond donors (Lipinski definition) is 1. The van der Waals surface area contributed by atoms with Crippen molar-refractivity contribution in [2.45, 2.75) is 19.8 Å². The van der Waals surface area contributed by atoms with Gasteiger partial charge in [-0.3, -0.25) is 14.5 Å². The number of carbonyl (C=O) groups excluding carboxylic acids is 2. The standard InChI is InChI=1S/C16H15ClN2O3/c1-9(18-22)10-2-5-12(6-3-10)19-15(20)13-7-4-11(17)8-14(13)16(19)21/h2-6,13-14,22H,7-8H2,1H3/t13-,14+/m1/s1. The molecule has 1 aromatic rings. The Balaban J connectivity index is 1.90. The van der Waals surface area contributed by atoms with Gasteiger partial charge in [0, 0.05) is 5.03 Å². The summed E-state index contributed by atoms with van der Waals surface area (Å²) in [5.74, 6) is -1.03. The molecule has 1 aliphatic carbocycles. The maximum absolute atomic E-state index is 12.5. The molecular weight excluding hydrogens is 304 g/mol. The number of rotatable bonds is 2. The second-order valence-electron chi connectivity index (χ2n) is 5.55. The average Bonchev–Trinajstić information content (AvgIpc) is 2.78. The number of benzene rings is 1. The number of halogens is 1. The Morgan fingerprint density at radius 2 is 1.86 bits per heavy atom. The van der Waals surface area contributed by atoms with Crippen LogP contribution in [0.15, 0.2) is 40.5 Å². The first-order valence-corrected chi connectivity index (χ1v) is 7.42. The third kappa shape index (κ3) is 2.31. The van der Waals surface area contributed by atoms with Gasteiger partial charge < -0.3 is 5.21 Å². The number of imide groups is 1. The van der Waals surface area contributed by atoms with Gasteiger partial charge in [0.15, 0.2) is 0 Å². The molecule has 1 N–H and O–H groups in total. The van der Waals surface area contributed by atoms with Crippen LogP contribution in [0.3, 0.4) is 0 Å². The molecule has 0 bridgehead atoms. The van der Waals surface area contributed by atoms with Gasteiger partial charge in [-0.05, 0) is 37.5 Å². The summed E-state index contributed by atoms with van der Waals surface area (Å²) in [4.78, 5) is 26.3. The van der Waals surface area contributed by atoms with Crippen molar-refractivity contribution in [3.8, 4) is 0 Å². The molecule has 2 atom stereocenters. The molecule has 22 heavy (non-hydrogen) atoms. The molecule has 6 heteroatoms. The molecule has 1 aromatic carbocycles. The Morgan fingerprint density at radius 1 is 1.23 bits per heavy atom. The number of fused-ring (bicyclic) bond motifs is 1. The molecule has 0 aromatic heterocycles. The number of anilines is 1. The molecule has 2 aliphatic rings. The Labute approximate surface area is 132 Å². The predicted molar refractivity (Wildman–Crippen MR) is 83.1 cm³/mol. The van der Waals surface area contributed by atoms with Gasteiger partial charge in [0.1, 0.15) is 0 Å². The van der Waals surface area contributed by atoms with Gasteiger partial charge in [0.2, 0.25) is 11.8 Å². The lowest BCUT2D eigenvalue weighted by Gasteiger charge is -2.17. The molecule has 1 saturated heterocycles. The molecule has 5 nitrogen and oxygen atoms in total. The van der Waals surface area contributed by atoms with E-state index >= 15 is 0 Å². The molecule has 0 unspecified atom stereocenters. The molecule has 1 fully saturated rings. The summed E-state index contributed by atoms with van der Waals surface area (Å²) in [6.45, 7) is 1.67. The SMILES string of the molecule is CC(=NO)c1ccc(N2C(=O)[C@H]3CC(Cl)=CC[C@H]3C2=O)cc1. The van der Waals surface area contributed by atoms with Gasteiger partial charge in [0.25, 0.3) is 0 Å². The molecule has 0 saturated carbocycles. The highest BCUT2D eigenvalue weighted by atomic mass is 35.5. The fraction of sp³-hybridized carbons (Fsp3) is 0.312. The Kier molecular flexibility index (Phi) is 3.74. The van der Waals surface area contributed by atoms with Gasteiger partial charge in [-0.15, -0.1) is 0 Å². The van der Waals surface area contributed by atoms with Gasteiger partial charge in [-0.2, -0.15) is 0 Å². The second-order valence-corrected chi connectivity index (χ2v) is 6.03. The van der Waals surface area contributed by atoms with Crippen molar-refractivity contribution in [2.24, 2.45) is 17.0 Å². The normalized spacial score (nSPS) is 25.3. The van der Waals surface area contributed by atoms with Crippen molar-refractivity contribution < 1.29 is 14.8 Å². The third-order valence-corrected chi connectivity index (χ3v) is 4.57. The van der Waals surface area contributed by atoms with E-state index in [2.05, 4.69) is 5.16 Å². The van der Waals surface area contributed by atoms with Crippen LogP contribution in [0.5, 0.6) is 0 Å². The van der Waals surface area contributed by atoms with E-state index in [0.29, 0.717) is 29.3 Å². The van der Waals surface area contributed by atoms with E-state index in [9.17, 15) is 9.59 Å². The van der Waals surface area contributed by atoms with Crippen molar-refractivity contribution in [1.82, 2.24) is 0 Å². The highest BCUT2D eigenvalue weighted by Crippen LogP contribution is 2.40. The summed E-state index contributed by atoms with van der Waals surface area (Å²) < 4.78 is 0. The molecule has 2 amide bonds. The first-order chi connectivity index (χ1) is 10.5. The molecule has 0 spiro atoms. The zero-order chi connectivity index (χ0) is 15.9. The monoisotopic (exact) mass is 318 g/mol. The summed E-state index contributed by atoms with van der Waals surface area (Å²) in [5.41, 5.74) is 1.73. The van der Waals surface area contributed by atoms with Crippen LogP contribution in [-0.4, -0.2) is 22.7 Å². The van der Waals surface area contributed by atoms with E-state index in [1.807, 2.05) is 6.08 Å². The number of hydrogen-bond acceptors (Lipinski definition) is 4. The van der Waals surface area contributed by atoms with E-state index in [-0.39, 0.29) is 23.7 Å². The Morgan fingerprint density at radius 3 is 2.50 bits per heavy atom.